The van der Waals surface area contributed by atoms with Gasteiger partial charge in [0, 0.05) is 123 Å². The van der Waals surface area contributed by atoms with E-state index in [-0.39, 0.29) is 71.9 Å². The molecule has 5 amide bonds. The van der Waals surface area contributed by atoms with Gasteiger partial charge in [-0.3, -0.25) is 43.3 Å². The maximum Gasteiger partial charge on any atom is 0.411 e. The molecule has 0 radical (unpaired) electrons. The molecule has 0 aromatic heterocycles. The second-order valence-corrected chi connectivity index (χ2v) is 39.6. The molecule has 11 rings (SSSR count). The van der Waals surface area contributed by atoms with Gasteiger partial charge in [0.2, 0.25) is 10.7 Å². The van der Waals surface area contributed by atoms with Crippen LogP contribution in [-0.2, 0) is 79.5 Å². The molecule has 6 aromatic carbocycles. The number of carboxylic acids is 3. The quantitative estimate of drug-likeness (QED) is 0.0339. The molecule has 0 spiro atoms. The summed E-state index contributed by atoms with van der Waals surface area (Å²) in [6.45, 7) is 20.3. The van der Waals surface area contributed by atoms with Crippen LogP contribution in [0.3, 0.4) is 0 Å². The van der Waals surface area contributed by atoms with E-state index in [1.807, 2.05) is 38.9 Å². The highest BCUT2D eigenvalue weighted by molar-refractivity contribution is 8.00. The minimum absolute atomic E-state index is 0. The third-order valence-corrected chi connectivity index (χ3v) is 25.7. The number of nitrogen functional groups attached to an aromatic ring is 1. The van der Waals surface area contributed by atoms with Crippen LogP contribution < -0.4 is 27.0 Å². The van der Waals surface area contributed by atoms with Crippen LogP contribution in [0.2, 0.25) is 15.1 Å². The number of ether oxygens (including phenoxy) is 3. The average molecular weight is 1860 g/mol. The van der Waals surface area contributed by atoms with E-state index >= 15 is 0 Å². The largest absolute Gasteiger partial charge is 0.479 e. The van der Waals surface area contributed by atoms with Crippen LogP contribution in [-0.4, -0.2) is 227 Å². The van der Waals surface area contributed by atoms with Gasteiger partial charge in [-0.1, -0.05) is 137 Å². The van der Waals surface area contributed by atoms with Gasteiger partial charge in [0.05, 0.1) is 39.4 Å². The molecule has 119 heavy (non-hydrogen) atoms. The first-order chi connectivity index (χ1) is 54.8. The van der Waals surface area contributed by atoms with E-state index in [0.717, 1.165) is 20.5 Å². The van der Waals surface area contributed by atoms with Crippen molar-refractivity contribution in [3.8, 4) is 33.4 Å². The number of carbonyl (C=O) groups excluding carboxylic acids is 5. The Morgan fingerprint density at radius 3 is 1.33 bits per heavy atom. The van der Waals surface area contributed by atoms with Gasteiger partial charge >= 0.3 is 36.2 Å². The number of carbonyl (C=O) groups is 8. The van der Waals surface area contributed by atoms with Crippen molar-refractivity contribution in [3.05, 3.63) is 171 Å². The fraction of sp³-hybridized carbons (Fsp3) is 0.403. The fourth-order valence-corrected chi connectivity index (χ4v) is 18.0. The molecule has 654 valence electrons. The number of allylic oxidation sites excluding steroid dienone is 1. The van der Waals surface area contributed by atoms with Crippen molar-refractivity contribution in [2.45, 2.75) is 120 Å². The number of halogens is 8. The first-order valence-electron chi connectivity index (χ1n) is 35.7. The molecular formula is C77H95Cl5F3N9O20S5. The molecule has 5 saturated heterocycles. The van der Waals surface area contributed by atoms with Crippen LogP contribution in [0, 0.1) is 17.5 Å². The fourth-order valence-electron chi connectivity index (χ4n) is 10.8. The molecule has 5 heterocycles. The number of nitrogens with zero attached hydrogens (tertiary/aromatic N) is 4. The molecule has 7 atom stereocenters. The minimum Gasteiger partial charge on any atom is -0.479 e. The van der Waals surface area contributed by atoms with Gasteiger partial charge in [0.1, 0.15) is 22.0 Å². The Balaban J connectivity index is 0.000000297. The van der Waals surface area contributed by atoms with E-state index in [2.05, 4.69) is 21.3 Å². The molecule has 0 bridgehead atoms. The highest BCUT2D eigenvalue weighted by Gasteiger charge is 2.48. The van der Waals surface area contributed by atoms with Gasteiger partial charge in [0.15, 0.2) is 53.2 Å². The van der Waals surface area contributed by atoms with Crippen LogP contribution in [0.1, 0.15) is 76.2 Å². The summed E-state index contributed by atoms with van der Waals surface area (Å²) >= 11 is 25.2. The number of nitrogens with one attached hydrogen (secondary N) is 4. The summed E-state index contributed by atoms with van der Waals surface area (Å²) in [5.74, 6) is -6.04. The molecule has 6 aromatic rings. The van der Waals surface area contributed by atoms with E-state index < -0.39 is 150 Å². The summed E-state index contributed by atoms with van der Waals surface area (Å²) < 4.78 is 128. The number of sulfone groups is 2. The van der Waals surface area contributed by atoms with Gasteiger partial charge in [-0.15, -0.1) is 24.2 Å². The molecule has 29 nitrogen and oxygen atoms in total. The lowest BCUT2D eigenvalue weighted by Gasteiger charge is -2.26. The van der Waals surface area contributed by atoms with Crippen LogP contribution >= 0.6 is 70.6 Å². The monoisotopic (exact) mass is 1860 g/mol. The maximum absolute atomic E-state index is 14.7. The smallest absolute Gasteiger partial charge is 0.411 e. The van der Waals surface area contributed by atoms with E-state index in [0.29, 0.717) is 67.5 Å². The molecule has 5 fully saturated rings. The van der Waals surface area contributed by atoms with Gasteiger partial charge in [-0.25, -0.2) is 58.8 Å². The standard InChI is InChI=1S/C16H14ClFN2O3S.C16H14ClFN2O2S.C12H9ClFN.C9H15NO6S.C9H15NO5S.C9H15NO4S.C6H12ClN.ClH/c17-12-6-2-1-4-10(12)11-5-3-7-13(14(11)18)20-15(21)16-19-8-9-24(16,22)23;17-12-6-2-1-4-10(12)11-5-3-7-13(14(11)18)20-15(21)16-19-8-9-23(16)22;13-10-6-2-1-4-8(10)9-5-3-7-11(15)12(9)14;1-9(2,3)16-8(13)10-4-5-17(14,15)6(10)7(11)12;1-9(2,3)15-8(13)10-4-5-16(14)6(10)7(11)12;1-9(2,3)14-8(13)10-4-5-15-6(10)7(11)12;1-5(2)6(7)8(3)4;/h1-7,16,19H,8-9H2,(H,20,21);1-7,16,19H,8-9H2,(H,20,21);1-7H,15H2;6H,4-5H2,1-3H3,(H,11,12);6H,4-5H2,1-3H3,(H,11,12);6H,4-5H2,1-3H3,(H,11,12);1-4H3;1H/t16-;16-,23?;;6-;6-,16?;6-;;/m00.000../s1. The number of anilines is 3. The maximum atomic E-state index is 14.7. The van der Waals surface area contributed by atoms with E-state index in [4.69, 9.17) is 81.7 Å². The lowest BCUT2D eigenvalue weighted by Crippen LogP contribution is -2.45. The van der Waals surface area contributed by atoms with Crippen LogP contribution in [0.4, 0.5) is 44.6 Å². The van der Waals surface area contributed by atoms with Gasteiger partial charge < -0.3 is 50.8 Å². The molecule has 2 unspecified atom stereocenters. The van der Waals surface area contributed by atoms with Gasteiger partial charge in [-0.2, -0.15) is 0 Å². The van der Waals surface area contributed by atoms with Gasteiger partial charge in [0.25, 0.3) is 11.8 Å². The normalized spacial score (nSPS) is 19.2. The third-order valence-electron chi connectivity index (χ3n) is 16.0. The Morgan fingerprint density at radius 1 is 0.529 bits per heavy atom. The zero-order valence-corrected chi connectivity index (χ0v) is 74.7. The van der Waals surface area contributed by atoms with Crippen molar-refractivity contribution >= 4 is 177 Å². The molecule has 5 aliphatic heterocycles. The SMILES string of the molecule is CC(C)(C)OC(=O)N1CCS(=O)(=O)[C@H]1C(=O)O.CC(C)(C)OC(=O)N1CCS(=O)[C@H]1C(=O)O.CC(C)(C)OC(=O)N1CCS[C@H]1C(=O)O.CC(C)=C(Cl)N(C)C.Cl.Nc1cccc(-c2ccccc2Cl)c1F.O=C(Nc1cccc(-c2ccccc2Cl)c1F)[C@H]1NCCS1(=O)=O.O=C(Nc1cccc(-c2ccccc2Cl)c1F)[C@H]1NCCS1=O. The van der Waals surface area contributed by atoms with Crippen LogP contribution in [0.15, 0.2) is 138 Å². The molecule has 0 aliphatic carbocycles. The molecule has 42 heteroatoms. The predicted molar refractivity (Wildman–Crippen MR) is 460 cm³/mol. The van der Waals surface area contributed by atoms with Crippen molar-refractivity contribution in [1.82, 2.24) is 30.2 Å². The van der Waals surface area contributed by atoms with Crippen molar-refractivity contribution in [1.29, 1.82) is 0 Å². The molecule has 9 N–H and O–H groups in total. The number of aliphatic carboxylic acids is 3. The third kappa shape index (κ3) is 30.6. The Bertz CT molecular complexity index is 4960. The Hall–Kier alpha value is -8.47. The summed E-state index contributed by atoms with van der Waals surface area (Å²) in [6.07, 6.45) is -2.21. The zero-order valence-electron chi connectivity index (χ0n) is 66.8. The first-order valence-corrected chi connectivity index (χ1v) is 44.5. The highest BCUT2D eigenvalue weighted by atomic mass is 35.5. The van der Waals surface area contributed by atoms with E-state index in [1.54, 1.807) is 159 Å². The average Bonchev–Trinajstić information content (AvgIpc) is 1.56. The minimum atomic E-state index is -3.81. The van der Waals surface area contributed by atoms with Gasteiger partial charge in [-0.05, 0) is 118 Å². The summed E-state index contributed by atoms with van der Waals surface area (Å²) in [5.41, 5.74) is 7.28. The van der Waals surface area contributed by atoms with E-state index in [9.17, 15) is 76.8 Å². The van der Waals surface area contributed by atoms with E-state index in [1.165, 1.54) is 40.9 Å². The lowest BCUT2D eigenvalue weighted by atomic mass is 10.0. The van der Waals surface area contributed by atoms with Crippen molar-refractivity contribution < 1.29 is 106 Å². The lowest BCUT2D eigenvalue weighted by molar-refractivity contribution is -0.140. The number of amides is 5. The van der Waals surface area contributed by atoms with Crippen molar-refractivity contribution in [2.24, 2.45) is 0 Å². The van der Waals surface area contributed by atoms with Crippen LogP contribution in [0.5, 0.6) is 0 Å². The summed E-state index contributed by atoms with van der Waals surface area (Å²) in [5, 5.41) is 32.9. The number of hydrogen-bond acceptors (Lipinski definition) is 22. The number of thioether (sulfide) groups is 1. The zero-order chi connectivity index (χ0) is 88.9. The highest BCUT2D eigenvalue weighted by Crippen LogP contribution is 2.36. The van der Waals surface area contributed by atoms with Crippen LogP contribution in [0.25, 0.3) is 33.4 Å². The summed E-state index contributed by atoms with van der Waals surface area (Å²) in [6, 6.07) is 34.8. The number of carboxylic acid groups (broad SMARTS) is 3. The Morgan fingerprint density at radius 2 is 0.950 bits per heavy atom. The number of nitrogens with two attached hydrogens (primary N) is 1. The summed E-state index contributed by atoms with van der Waals surface area (Å²) in [4.78, 5) is 96.5. The first kappa shape index (κ1) is 103. The van der Waals surface area contributed by atoms with Crippen molar-refractivity contribution in [3.63, 3.8) is 0 Å². The second-order valence-electron chi connectivity index (χ2n) is 29.2. The Kier molecular flexibility index (Phi) is 39.3. The topological polar surface area (TPSA) is 414 Å². The number of benzene rings is 6. The molecule has 0 saturated carbocycles. The number of hydrogen-bond donors (Lipinski definition) is 8. The predicted octanol–water partition coefficient (Wildman–Crippen LogP) is 13.2. The Labute approximate surface area is 724 Å². The molecule has 5 aliphatic rings. The summed E-state index contributed by atoms with van der Waals surface area (Å²) in [7, 11) is -6.34. The van der Waals surface area contributed by atoms with Crippen molar-refractivity contribution in [2.75, 3.05) is 92.0 Å². The molecular weight excluding hydrogens is 1770 g/mol. The number of rotatable bonds is 11. The second kappa shape index (κ2) is 45.4.